The SMILES string of the molecule is COc1ccc(CCNC(=O)Cc2ccc3ccccc3c2)cc1OC. The number of benzene rings is 3. The summed E-state index contributed by atoms with van der Waals surface area (Å²) in [5, 5.41) is 5.32. The van der Waals surface area contributed by atoms with Crippen LogP contribution in [0.3, 0.4) is 0 Å². The summed E-state index contributed by atoms with van der Waals surface area (Å²) >= 11 is 0. The lowest BCUT2D eigenvalue weighted by Crippen LogP contribution is -2.27. The van der Waals surface area contributed by atoms with E-state index in [2.05, 4.69) is 29.6 Å². The summed E-state index contributed by atoms with van der Waals surface area (Å²) in [5.41, 5.74) is 2.11. The molecule has 0 heterocycles. The lowest BCUT2D eigenvalue weighted by atomic mass is 10.0. The number of ether oxygens (including phenoxy) is 2. The third-order valence-electron chi connectivity index (χ3n) is 4.36. The number of carbonyl (C=O) groups is 1. The van der Waals surface area contributed by atoms with E-state index in [0.717, 1.165) is 22.9 Å². The van der Waals surface area contributed by atoms with Crippen molar-refractivity contribution in [1.29, 1.82) is 0 Å². The maximum atomic E-state index is 12.2. The molecule has 4 nitrogen and oxygen atoms in total. The monoisotopic (exact) mass is 349 g/mol. The van der Waals surface area contributed by atoms with Gasteiger partial charge in [-0.15, -0.1) is 0 Å². The van der Waals surface area contributed by atoms with Crippen LogP contribution in [0.1, 0.15) is 11.1 Å². The Kier molecular flexibility index (Phi) is 5.74. The van der Waals surface area contributed by atoms with Crippen LogP contribution in [0.25, 0.3) is 10.8 Å². The van der Waals surface area contributed by atoms with E-state index >= 15 is 0 Å². The van der Waals surface area contributed by atoms with Gasteiger partial charge in [-0.05, 0) is 40.5 Å². The minimum atomic E-state index is 0.0285. The normalized spacial score (nSPS) is 10.5. The third kappa shape index (κ3) is 4.33. The highest BCUT2D eigenvalue weighted by Gasteiger charge is 2.06. The summed E-state index contributed by atoms with van der Waals surface area (Å²) < 4.78 is 10.5. The van der Waals surface area contributed by atoms with Crippen molar-refractivity contribution in [2.24, 2.45) is 0 Å². The molecule has 0 saturated heterocycles. The van der Waals surface area contributed by atoms with E-state index in [4.69, 9.17) is 9.47 Å². The molecule has 0 aromatic heterocycles. The fourth-order valence-corrected chi connectivity index (χ4v) is 2.98. The van der Waals surface area contributed by atoms with Crippen LogP contribution in [0.5, 0.6) is 11.5 Å². The van der Waals surface area contributed by atoms with Gasteiger partial charge in [0.05, 0.1) is 20.6 Å². The molecule has 26 heavy (non-hydrogen) atoms. The van der Waals surface area contributed by atoms with Crippen molar-refractivity contribution in [3.8, 4) is 11.5 Å². The van der Waals surface area contributed by atoms with E-state index in [-0.39, 0.29) is 5.91 Å². The summed E-state index contributed by atoms with van der Waals surface area (Å²) in [7, 11) is 3.23. The fraction of sp³-hybridized carbons (Fsp3) is 0.227. The van der Waals surface area contributed by atoms with Crippen molar-refractivity contribution in [3.05, 3.63) is 71.8 Å². The van der Waals surface area contributed by atoms with E-state index in [9.17, 15) is 4.79 Å². The van der Waals surface area contributed by atoms with Gasteiger partial charge in [0.2, 0.25) is 5.91 Å². The van der Waals surface area contributed by atoms with Crippen LogP contribution in [0.15, 0.2) is 60.7 Å². The second kappa shape index (κ2) is 8.39. The van der Waals surface area contributed by atoms with Crippen LogP contribution in [0.2, 0.25) is 0 Å². The maximum Gasteiger partial charge on any atom is 0.224 e. The van der Waals surface area contributed by atoms with Gasteiger partial charge in [-0.1, -0.05) is 48.5 Å². The molecule has 0 spiro atoms. The number of hydrogen-bond donors (Lipinski definition) is 1. The maximum absolute atomic E-state index is 12.2. The van der Waals surface area contributed by atoms with Crippen molar-refractivity contribution in [3.63, 3.8) is 0 Å². The van der Waals surface area contributed by atoms with Gasteiger partial charge >= 0.3 is 0 Å². The zero-order valence-electron chi connectivity index (χ0n) is 15.1. The molecule has 1 amide bonds. The first-order valence-electron chi connectivity index (χ1n) is 8.65. The molecular weight excluding hydrogens is 326 g/mol. The van der Waals surface area contributed by atoms with E-state index in [0.29, 0.717) is 24.5 Å². The van der Waals surface area contributed by atoms with E-state index < -0.39 is 0 Å². The summed E-state index contributed by atoms with van der Waals surface area (Å²) in [6.07, 6.45) is 1.13. The van der Waals surface area contributed by atoms with Crippen LogP contribution in [0.4, 0.5) is 0 Å². The first-order chi connectivity index (χ1) is 12.7. The molecule has 0 aliphatic rings. The molecule has 0 saturated carbocycles. The summed E-state index contributed by atoms with van der Waals surface area (Å²) in [6, 6.07) is 20.1. The van der Waals surface area contributed by atoms with Crippen molar-refractivity contribution in [1.82, 2.24) is 5.32 Å². The average molecular weight is 349 g/mol. The summed E-state index contributed by atoms with van der Waals surface area (Å²) in [6.45, 7) is 0.585. The van der Waals surface area contributed by atoms with Gasteiger partial charge in [0.25, 0.3) is 0 Å². The second-order valence-electron chi connectivity index (χ2n) is 6.15. The Balaban J connectivity index is 1.53. The first-order valence-corrected chi connectivity index (χ1v) is 8.65. The Bertz CT molecular complexity index is 905. The van der Waals surface area contributed by atoms with E-state index in [1.807, 2.05) is 36.4 Å². The number of hydrogen-bond acceptors (Lipinski definition) is 3. The molecule has 0 bridgehead atoms. The van der Waals surface area contributed by atoms with Gasteiger partial charge in [0.1, 0.15) is 0 Å². The van der Waals surface area contributed by atoms with Gasteiger partial charge in [-0.25, -0.2) is 0 Å². The Labute approximate surface area is 153 Å². The molecule has 0 fully saturated rings. The van der Waals surface area contributed by atoms with Crippen molar-refractivity contribution >= 4 is 16.7 Å². The first kappa shape index (κ1) is 17.8. The van der Waals surface area contributed by atoms with Crippen LogP contribution in [-0.4, -0.2) is 26.7 Å². The highest BCUT2D eigenvalue weighted by Crippen LogP contribution is 2.27. The smallest absolute Gasteiger partial charge is 0.224 e. The zero-order chi connectivity index (χ0) is 18.4. The number of methoxy groups -OCH3 is 2. The number of nitrogens with one attached hydrogen (secondary N) is 1. The predicted octanol–water partition coefficient (Wildman–Crippen LogP) is 3.76. The Morgan fingerprint density at radius 2 is 1.58 bits per heavy atom. The molecule has 4 heteroatoms. The topological polar surface area (TPSA) is 47.6 Å². The molecule has 0 radical (unpaired) electrons. The van der Waals surface area contributed by atoms with Crippen molar-refractivity contribution in [2.45, 2.75) is 12.8 Å². The predicted molar refractivity (Wildman–Crippen MR) is 104 cm³/mol. The van der Waals surface area contributed by atoms with Crippen LogP contribution < -0.4 is 14.8 Å². The Hall–Kier alpha value is -3.01. The minimum Gasteiger partial charge on any atom is -0.493 e. The summed E-state index contributed by atoms with van der Waals surface area (Å²) in [5.74, 6) is 1.44. The molecule has 0 aliphatic carbocycles. The molecule has 3 aromatic rings. The largest absolute Gasteiger partial charge is 0.493 e. The van der Waals surface area contributed by atoms with Gasteiger partial charge in [-0.3, -0.25) is 4.79 Å². The number of carbonyl (C=O) groups excluding carboxylic acids is 1. The highest BCUT2D eigenvalue weighted by molar-refractivity contribution is 5.85. The van der Waals surface area contributed by atoms with Gasteiger partial charge in [-0.2, -0.15) is 0 Å². The highest BCUT2D eigenvalue weighted by atomic mass is 16.5. The van der Waals surface area contributed by atoms with Gasteiger partial charge in [0.15, 0.2) is 11.5 Å². The zero-order valence-corrected chi connectivity index (χ0v) is 15.1. The van der Waals surface area contributed by atoms with Crippen LogP contribution >= 0.6 is 0 Å². The molecule has 134 valence electrons. The Morgan fingerprint density at radius 3 is 2.35 bits per heavy atom. The third-order valence-corrected chi connectivity index (χ3v) is 4.36. The standard InChI is InChI=1S/C22H23NO3/c1-25-20-10-8-16(14-21(20)26-2)11-12-23-22(24)15-17-7-9-18-5-3-4-6-19(18)13-17/h3-10,13-14H,11-12,15H2,1-2H3,(H,23,24). The molecule has 0 unspecified atom stereocenters. The van der Waals surface area contributed by atoms with E-state index in [1.165, 1.54) is 5.39 Å². The van der Waals surface area contributed by atoms with E-state index in [1.54, 1.807) is 14.2 Å². The molecule has 3 aromatic carbocycles. The lowest BCUT2D eigenvalue weighted by molar-refractivity contribution is -0.120. The second-order valence-corrected chi connectivity index (χ2v) is 6.15. The number of rotatable bonds is 7. The molecular formula is C22H23NO3. The molecule has 0 atom stereocenters. The number of amides is 1. The molecule has 3 rings (SSSR count). The summed E-state index contributed by atoms with van der Waals surface area (Å²) in [4.78, 5) is 12.2. The average Bonchev–Trinajstić information content (AvgIpc) is 2.67. The quantitative estimate of drug-likeness (QED) is 0.706. The Morgan fingerprint density at radius 1 is 0.846 bits per heavy atom. The fourth-order valence-electron chi connectivity index (χ4n) is 2.98. The lowest BCUT2D eigenvalue weighted by Gasteiger charge is -2.10. The minimum absolute atomic E-state index is 0.0285. The van der Waals surface area contributed by atoms with Crippen molar-refractivity contribution in [2.75, 3.05) is 20.8 Å². The van der Waals surface area contributed by atoms with Gasteiger partial charge in [0, 0.05) is 6.54 Å². The molecule has 0 aliphatic heterocycles. The van der Waals surface area contributed by atoms with Crippen molar-refractivity contribution < 1.29 is 14.3 Å². The molecule has 1 N–H and O–H groups in total. The van der Waals surface area contributed by atoms with Crippen LogP contribution in [-0.2, 0) is 17.6 Å². The van der Waals surface area contributed by atoms with Gasteiger partial charge < -0.3 is 14.8 Å². The van der Waals surface area contributed by atoms with Crippen LogP contribution in [0, 0.1) is 0 Å². The number of fused-ring (bicyclic) bond motifs is 1.